The van der Waals surface area contributed by atoms with Crippen LogP contribution in [0.25, 0.3) is 0 Å². The summed E-state index contributed by atoms with van der Waals surface area (Å²) in [6.07, 6.45) is 9.22. The second-order valence-electron chi connectivity index (χ2n) is 23.7. The molecule has 5 rings (SSSR count). The number of carbonyl (C=O) groups is 6. The molecule has 18 nitrogen and oxygen atoms in total. The van der Waals surface area contributed by atoms with Crippen molar-refractivity contribution in [2.24, 2.45) is 47.3 Å². The Labute approximate surface area is 468 Å². The summed E-state index contributed by atoms with van der Waals surface area (Å²) in [6, 6.07) is 2.90. The van der Waals surface area contributed by atoms with E-state index in [2.05, 4.69) is 28.3 Å². The van der Waals surface area contributed by atoms with Crippen LogP contribution in [0.1, 0.15) is 146 Å². The number of hydrogen-bond donors (Lipinski definition) is 9. The monoisotopic (exact) mass is 1100 g/mol. The summed E-state index contributed by atoms with van der Waals surface area (Å²) in [6.45, 7) is 20.1. The van der Waals surface area contributed by atoms with Crippen LogP contribution in [0.2, 0.25) is 0 Å². The van der Waals surface area contributed by atoms with Crippen molar-refractivity contribution in [1.29, 1.82) is 0 Å². The van der Waals surface area contributed by atoms with Crippen molar-refractivity contribution in [2.45, 2.75) is 207 Å². The average Bonchev–Trinajstić information content (AvgIpc) is 3.58. The van der Waals surface area contributed by atoms with Gasteiger partial charge in [-0.1, -0.05) is 110 Å². The van der Waals surface area contributed by atoms with Gasteiger partial charge in [-0.2, -0.15) is 0 Å². The zero-order chi connectivity index (χ0) is 58.5. The highest BCUT2D eigenvalue weighted by Gasteiger charge is 2.57. The lowest BCUT2D eigenvalue weighted by molar-refractivity contribution is -0.267. The number of fused-ring (bicyclic) bond motifs is 2. The molecule has 18 heteroatoms. The van der Waals surface area contributed by atoms with Gasteiger partial charge in [0.25, 0.3) is 5.91 Å². The van der Waals surface area contributed by atoms with E-state index in [1.807, 2.05) is 58.9 Å². The molecular weight excluding hydrogens is 1010 g/mol. The minimum absolute atomic E-state index is 0.0262. The predicted octanol–water partition coefficient (Wildman–Crippen LogP) is 5.80. The number of hydrazine groups is 1. The molecular formula is C61H93N5O13. The topological polar surface area (TPSA) is 273 Å². The number of ketones is 1. The molecule has 2 bridgehead atoms. The smallest absolute Gasteiger partial charge is 0.325 e. The molecule has 3 fully saturated rings. The van der Waals surface area contributed by atoms with Crippen molar-refractivity contribution >= 4 is 35.4 Å². The van der Waals surface area contributed by atoms with Gasteiger partial charge in [0, 0.05) is 61.8 Å². The number of piperidine rings is 1. The molecule has 4 aliphatic rings. The molecule has 0 saturated carbocycles. The third-order valence-electron chi connectivity index (χ3n) is 17.1. The first-order valence-electron chi connectivity index (χ1n) is 28.8. The molecule has 0 aliphatic carbocycles. The highest BCUT2D eigenvalue weighted by Crippen LogP contribution is 2.46. The number of phenols is 1. The van der Waals surface area contributed by atoms with Crippen LogP contribution in [0.4, 0.5) is 0 Å². The van der Waals surface area contributed by atoms with Crippen LogP contribution >= 0.6 is 0 Å². The van der Waals surface area contributed by atoms with Crippen LogP contribution in [-0.4, -0.2) is 133 Å². The molecule has 0 aromatic heterocycles. The quantitative estimate of drug-likeness (QED) is 0.0743. The van der Waals surface area contributed by atoms with E-state index in [0.717, 1.165) is 6.42 Å². The molecule has 3 saturated heterocycles. The van der Waals surface area contributed by atoms with Gasteiger partial charge in [-0.3, -0.25) is 29.0 Å². The molecule has 9 N–H and O–H groups in total. The highest BCUT2D eigenvalue weighted by atomic mass is 16.5. The Morgan fingerprint density at radius 2 is 1.68 bits per heavy atom. The fourth-order valence-electron chi connectivity index (χ4n) is 11.6. The van der Waals surface area contributed by atoms with Crippen LogP contribution in [0.15, 0.2) is 71.9 Å². The lowest BCUT2D eigenvalue weighted by atomic mass is 9.69. The van der Waals surface area contributed by atoms with Crippen molar-refractivity contribution in [3.8, 4) is 5.75 Å². The van der Waals surface area contributed by atoms with E-state index < -0.39 is 102 Å². The number of aliphatic hydroxyl groups is 4. The van der Waals surface area contributed by atoms with Crippen molar-refractivity contribution in [3.63, 3.8) is 0 Å². The molecule has 1 spiro atoms. The number of carbonyl (C=O) groups excluding carboxylic acids is 6. The van der Waals surface area contributed by atoms with E-state index in [0.29, 0.717) is 55.2 Å². The van der Waals surface area contributed by atoms with Crippen LogP contribution in [-0.2, 0) is 44.7 Å². The number of esters is 1. The van der Waals surface area contributed by atoms with E-state index in [1.54, 1.807) is 52.0 Å². The van der Waals surface area contributed by atoms with Gasteiger partial charge < -0.3 is 55.8 Å². The maximum absolute atomic E-state index is 14.6. The standard InChI is InChI=1S/C61H93N5O13/c1-12-44-30-38(7)61(64-56(44)73)42(11)54(71)41(10)52(79-61)33-49(69)36(5)20-14-13-15-21-37(6)51-25-16-19-35(4)29-50(70)40(9)55(72)46(27-26-39(8)67)57(74)63-53(34(2)3)58(75)62-48(32-43-22-17-23-45(68)31-43)59(76)66-28-18-24-47(65-66)60(77)78-51/h13,15-17,19,21-23,29,31,34,36,38,40-42,44,46-55,65,68-72H,12,14,18,20,24-28,30,32-33H2,1-11H3,(H,62,75)(H,63,74)(H,64,73)/t36-,38-,40-,41-,42-,44-,46+,47?,48-,49-,50-,51?,52?,53-,54-,55+,61?/m0/s1. The normalized spacial score (nSPS) is 34.0. The number of nitrogens with zero attached hydrogens (tertiary/aromatic N) is 1. The molecule has 17 atom stereocenters. The zero-order valence-electron chi connectivity index (χ0n) is 48.5. The largest absolute Gasteiger partial charge is 0.508 e. The molecule has 1 aromatic carbocycles. The Morgan fingerprint density at radius 1 is 0.962 bits per heavy atom. The molecule has 440 valence electrons. The molecule has 4 aliphatic heterocycles. The summed E-state index contributed by atoms with van der Waals surface area (Å²) in [4.78, 5) is 82.4. The second kappa shape index (κ2) is 29.5. The summed E-state index contributed by atoms with van der Waals surface area (Å²) in [5.74, 6) is -6.34. The Morgan fingerprint density at radius 3 is 2.35 bits per heavy atom. The van der Waals surface area contributed by atoms with Crippen LogP contribution < -0.4 is 21.4 Å². The third-order valence-corrected chi connectivity index (χ3v) is 17.1. The first-order chi connectivity index (χ1) is 37.3. The number of benzene rings is 1. The number of aromatic hydroxyl groups is 1. The first kappa shape index (κ1) is 64.6. The maximum atomic E-state index is 14.6. The van der Waals surface area contributed by atoms with E-state index in [4.69, 9.17) is 9.47 Å². The fraction of sp³-hybridized carbons (Fsp3) is 0.672. The van der Waals surface area contributed by atoms with Gasteiger partial charge in [0.2, 0.25) is 17.7 Å². The van der Waals surface area contributed by atoms with Crippen molar-refractivity contribution < 1.29 is 63.8 Å². The van der Waals surface area contributed by atoms with E-state index in [1.165, 1.54) is 24.1 Å². The number of allylic oxidation sites excluding steroid dienone is 5. The Kier molecular flexibility index (Phi) is 24.1. The van der Waals surface area contributed by atoms with Gasteiger partial charge in [0.15, 0.2) is 0 Å². The van der Waals surface area contributed by atoms with Gasteiger partial charge >= 0.3 is 5.97 Å². The van der Waals surface area contributed by atoms with E-state index in [-0.39, 0.29) is 79.3 Å². The lowest BCUT2D eigenvalue weighted by Crippen LogP contribution is -2.71. The molecule has 4 unspecified atom stereocenters. The van der Waals surface area contributed by atoms with E-state index in [9.17, 15) is 54.3 Å². The average molecular weight is 1100 g/mol. The van der Waals surface area contributed by atoms with E-state index >= 15 is 0 Å². The Hall–Kier alpha value is -5.24. The highest BCUT2D eigenvalue weighted by molar-refractivity contribution is 5.93. The van der Waals surface area contributed by atoms with Crippen LogP contribution in [0, 0.1) is 47.3 Å². The number of nitrogens with one attached hydrogen (secondary N) is 4. The number of ether oxygens (including phenoxy) is 2. The number of hydrogen-bond acceptors (Lipinski definition) is 14. The van der Waals surface area contributed by atoms with Gasteiger partial charge in [-0.15, -0.1) is 0 Å². The number of phenolic OH excluding ortho intramolecular Hbond substituents is 1. The Balaban J connectivity index is 1.37. The van der Waals surface area contributed by atoms with Gasteiger partial charge in [-0.05, 0) is 101 Å². The molecule has 4 heterocycles. The number of aliphatic hydroxyl groups excluding tert-OH is 4. The van der Waals surface area contributed by atoms with Crippen molar-refractivity contribution in [3.05, 3.63) is 77.4 Å². The summed E-state index contributed by atoms with van der Waals surface area (Å²) in [5, 5.41) is 66.4. The van der Waals surface area contributed by atoms with Crippen molar-refractivity contribution in [2.75, 3.05) is 6.54 Å². The minimum Gasteiger partial charge on any atom is -0.508 e. The van der Waals surface area contributed by atoms with Crippen LogP contribution in [0.5, 0.6) is 5.75 Å². The maximum Gasteiger partial charge on any atom is 0.325 e. The molecule has 1 aromatic rings. The third kappa shape index (κ3) is 17.1. The summed E-state index contributed by atoms with van der Waals surface area (Å²) in [5.41, 5.74) is 3.90. The molecule has 0 radical (unpaired) electrons. The lowest BCUT2D eigenvalue weighted by Gasteiger charge is -2.56. The number of amides is 4. The predicted molar refractivity (Wildman–Crippen MR) is 300 cm³/mol. The Bertz CT molecular complexity index is 2390. The summed E-state index contributed by atoms with van der Waals surface area (Å²) < 4.78 is 13.0. The van der Waals surface area contributed by atoms with Gasteiger partial charge in [0.05, 0.1) is 36.4 Å². The van der Waals surface area contributed by atoms with Gasteiger partial charge in [-0.25, -0.2) is 5.43 Å². The number of rotatable bonds is 15. The molecule has 4 amide bonds. The fourth-order valence-corrected chi connectivity index (χ4v) is 11.6. The van der Waals surface area contributed by atoms with Crippen LogP contribution in [0.3, 0.4) is 0 Å². The summed E-state index contributed by atoms with van der Waals surface area (Å²) in [7, 11) is 0. The van der Waals surface area contributed by atoms with Crippen molar-refractivity contribution in [1.82, 2.24) is 26.4 Å². The van der Waals surface area contributed by atoms with Gasteiger partial charge in [0.1, 0.15) is 41.5 Å². The second-order valence-corrected chi connectivity index (χ2v) is 23.7. The number of Topliss-reactive ketones (excluding diaryl/α,β-unsaturated/α-hetero) is 1. The zero-order valence-corrected chi connectivity index (χ0v) is 48.5. The summed E-state index contributed by atoms with van der Waals surface area (Å²) >= 11 is 0. The number of cyclic esters (lactones) is 1. The SMILES string of the molecule is CC[C@H]1C[C@H](C)C2(NC1=O)OC(C[C@H](O)[C@@H](C)CCC=CC=C(C)C1CC=CC(C)=C[C@H](O)[C@H](C)[C@@H](O)[C@@H](CCC(C)=O)C(=O)N[C@@H](C(C)C)C(=O)N[C@@H](Cc3cccc(O)c3)C(=O)N3CCCC(N3)C(=O)O1)[C@H](C)[C@H](O)[C@@H]2C. The first-order valence-corrected chi connectivity index (χ1v) is 28.8. The molecule has 79 heavy (non-hydrogen) atoms. The minimum atomic E-state index is -1.44.